The first-order valence-electron chi connectivity index (χ1n) is 11.7. The number of ether oxygens (including phenoxy) is 1. The van der Waals surface area contributed by atoms with Gasteiger partial charge in [-0.15, -0.1) is 0 Å². The lowest BCUT2D eigenvalue weighted by Crippen LogP contribution is -2.13. The van der Waals surface area contributed by atoms with Crippen molar-refractivity contribution < 1.29 is 13.2 Å². The number of nitrogens with two attached hydrogens (primary N) is 1. The van der Waals surface area contributed by atoms with Gasteiger partial charge in [0.25, 0.3) is 10.0 Å². The highest BCUT2D eigenvalue weighted by molar-refractivity contribution is 7.92. The summed E-state index contributed by atoms with van der Waals surface area (Å²) in [6, 6.07) is 16.9. The van der Waals surface area contributed by atoms with Gasteiger partial charge in [-0.2, -0.15) is 0 Å². The number of anilines is 1. The van der Waals surface area contributed by atoms with Crippen molar-refractivity contribution in [3.63, 3.8) is 0 Å². The lowest BCUT2D eigenvalue weighted by molar-refractivity contribution is 0.480. The Kier molecular flexibility index (Phi) is 7.23. The van der Waals surface area contributed by atoms with E-state index in [0.29, 0.717) is 45.1 Å². The van der Waals surface area contributed by atoms with Crippen LogP contribution in [0.15, 0.2) is 108 Å². The zero-order valence-corrected chi connectivity index (χ0v) is 21.6. The van der Waals surface area contributed by atoms with Gasteiger partial charge in [0, 0.05) is 43.0 Å². The molecule has 0 unspecified atom stereocenters. The number of fused-ring (bicyclic) bond motifs is 1. The predicted octanol–water partition coefficient (Wildman–Crippen LogP) is 4.68. The molecule has 3 aromatic heterocycles. The lowest BCUT2D eigenvalue weighted by Gasteiger charge is -2.11. The third-order valence-electron chi connectivity index (χ3n) is 5.61. The van der Waals surface area contributed by atoms with E-state index in [-0.39, 0.29) is 4.90 Å². The van der Waals surface area contributed by atoms with Crippen molar-refractivity contribution in [2.75, 3.05) is 11.8 Å². The number of benzene rings is 2. The van der Waals surface area contributed by atoms with Gasteiger partial charge in [0.2, 0.25) is 0 Å². The van der Waals surface area contributed by atoms with Gasteiger partial charge < -0.3 is 10.5 Å². The molecule has 3 N–H and O–H groups in total. The maximum atomic E-state index is 13.0. The molecule has 0 bridgehead atoms. The first-order chi connectivity index (χ1) is 18.9. The van der Waals surface area contributed by atoms with E-state index in [0.717, 1.165) is 5.56 Å². The average molecular weight is 538 g/mol. The molecule has 10 nitrogen and oxygen atoms in total. The third kappa shape index (κ3) is 5.89. The summed E-state index contributed by atoms with van der Waals surface area (Å²) in [5, 5.41) is 0. The molecule has 194 valence electrons. The molecule has 5 aromatic rings. The van der Waals surface area contributed by atoms with Crippen LogP contribution in [-0.4, -0.2) is 41.6 Å². The highest BCUT2D eigenvalue weighted by atomic mass is 32.2. The molecule has 11 heteroatoms. The number of sulfonamides is 1. The molecule has 0 amide bonds. The van der Waals surface area contributed by atoms with Gasteiger partial charge >= 0.3 is 0 Å². The molecule has 5 rings (SSSR count). The summed E-state index contributed by atoms with van der Waals surface area (Å²) >= 11 is 0. The summed E-state index contributed by atoms with van der Waals surface area (Å²) < 4.78 is 34.4. The van der Waals surface area contributed by atoms with E-state index in [2.05, 4.69) is 29.7 Å². The zero-order chi connectivity index (χ0) is 27.2. The van der Waals surface area contributed by atoms with Crippen LogP contribution in [-0.2, 0) is 10.0 Å². The monoisotopic (exact) mass is 537 g/mol. The summed E-state index contributed by atoms with van der Waals surface area (Å²) in [6.45, 7) is 0. The number of hydrogen-bond donors (Lipinski definition) is 2. The van der Waals surface area contributed by atoms with Gasteiger partial charge in [-0.3, -0.25) is 24.7 Å². The second kappa shape index (κ2) is 11.1. The number of nitrogens with zero attached hydrogens (tertiary/aromatic N) is 5. The normalized spacial score (nSPS) is 12.1. The Morgan fingerprint density at radius 2 is 1.77 bits per heavy atom. The second-order valence-corrected chi connectivity index (χ2v) is 9.98. The Morgan fingerprint density at radius 3 is 2.51 bits per heavy atom. The van der Waals surface area contributed by atoms with E-state index < -0.39 is 10.0 Å². The molecule has 0 aliphatic carbocycles. The molecule has 0 atom stereocenters. The topological polar surface area (TPSA) is 145 Å². The van der Waals surface area contributed by atoms with Gasteiger partial charge in [-0.1, -0.05) is 6.07 Å². The quantitative estimate of drug-likeness (QED) is 0.271. The average Bonchev–Trinajstić information content (AvgIpc) is 2.96. The first kappa shape index (κ1) is 25.5. The summed E-state index contributed by atoms with van der Waals surface area (Å²) in [5.74, 6) is 1.04. The van der Waals surface area contributed by atoms with E-state index in [4.69, 9.17) is 10.5 Å². The van der Waals surface area contributed by atoms with Crippen LogP contribution in [0.5, 0.6) is 11.5 Å². The Hall–Kier alpha value is -5.16. The van der Waals surface area contributed by atoms with Gasteiger partial charge in [0.1, 0.15) is 11.5 Å². The summed E-state index contributed by atoms with van der Waals surface area (Å²) in [5.41, 5.74) is 10.1. The van der Waals surface area contributed by atoms with Gasteiger partial charge in [0.15, 0.2) is 0 Å². The molecule has 0 aliphatic rings. The van der Waals surface area contributed by atoms with E-state index >= 15 is 0 Å². The fourth-order valence-corrected chi connectivity index (χ4v) is 4.80. The van der Waals surface area contributed by atoms with Crippen LogP contribution in [0, 0.1) is 0 Å². The highest BCUT2D eigenvalue weighted by Crippen LogP contribution is 2.27. The van der Waals surface area contributed by atoms with Gasteiger partial charge in [-0.25, -0.2) is 13.4 Å². The number of aromatic nitrogens is 4. The number of aliphatic imine (C=N–C) groups is 1. The number of hydrogen-bond acceptors (Lipinski definition) is 9. The van der Waals surface area contributed by atoms with Crippen LogP contribution in [0.2, 0.25) is 0 Å². The Balaban J connectivity index is 1.37. The fourth-order valence-electron chi connectivity index (χ4n) is 3.76. The fraction of sp³-hybridized carbons (Fsp3) is 0.0357. The van der Waals surface area contributed by atoms with E-state index in [1.54, 1.807) is 68.4 Å². The van der Waals surface area contributed by atoms with Gasteiger partial charge in [0.05, 0.1) is 45.9 Å². The smallest absolute Gasteiger partial charge is 0.261 e. The molecule has 0 fully saturated rings. The summed E-state index contributed by atoms with van der Waals surface area (Å²) in [7, 11) is -2.22. The van der Waals surface area contributed by atoms with Crippen LogP contribution in [0.4, 0.5) is 5.69 Å². The van der Waals surface area contributed by atoms with Crippen LogP contribution in [0.1, 0.15) is 5.69 Å². The molecule has 0 aliphatic heterocycles. The zero-order valence-electron chi connectivity index (χ0n) is 20.8. The standard InChI is InChI=1S/C28H23N7O3S/c1-30-14-21(13-29)28-18-33-26-9-4-19(12-27(26)34-28)20-11-22(16-32-15-20)35-39(36,37)25-7-5-23(6-8-25)38-24-3-2-10-31-17-24/h2-18,35H,29H2,1H3. The molecule has 0 saturated carbocycles. The molecule has 0 radical (unpaired) electrons. The Labute approximate surface area is 225 Å². The van der Waals surface area contributed by atoms with E-state index in [1.807, 2.05) is 18.2 Å². The third-order valence-corrected chi connectivity index (χ3v) is 7.01. The van der Waals surface area contributed by atoms with Gasteiger partial charge in [-0.05, 0) is 60.2 Å². The Morgan fingerprint density at radius 1 is 0.923 bits per heavy atom. The molecule has 2 aromatic carbocycles. The van der Waals surface area contributed by atoms with Crippen LogP contribution >= 0.6 is 0 Å². The lowest BCUT2D eigenvalue weighted by atomic mass is 10.1. The van der Waals surface area contributed by atoms with Crippen molar-refractivity contribution in [2.45, 2.75) is 4.90 Å². The maximum Gasteiger partial charge on any atom is 0.261 e. The van der Waals surface area contributed by atoms with Crippen molar-refractivity contribution in [1.29, 1.82) is 0 Å². The molecule has 0 saturated heterocycles. The van der Waals surface area contributed by atoms with Crippen molar-refractivity contribution in [3.8, 4) is 22.6 Å². The number of rotatable bonds is 8. The number of allylic oxidation sites excluding steroid dienone is 1. The van der Waals surface area contributed by atoms with Crippen LogP contribution in [0.3, 0.4) is 0 Å². The molecular weight excluding hydrogens is 514 g/mol. The SMILES string of the molecule is CN=CC(=CN)c1cnc2ccc(-c3cncc(NS(=O)(=O)c4ccc(Oc5cccnc5)cc4)c3)cc2n1. The molecule has 39 heavy (non-hydrogen) atoms. The minimum atomic E-state index is -3.87. The molecular formula is C28H23N7O3S. The minimum Gasteiger partial charge on any atom is -0.456 e. The van der Waals surface area contributed by atoms with E-state index in [9.17, 15) is 8.42 Å². The van der Waals surface area contributed by atoms with Crippen molar-refractivity contribution in [3.05, 3.63) is 104 Å². The van der Waals surface area contributed by atoms with E-state index in [1.165, 1.54) is 24.5 Å². The van der Waals surface area contributed by atoms with Crippen LogP contribution < -0.4 is 15.2 Å². The summed E-state index contributed by atoms with van der Waals surface area (Å²) in [6.07, 6.45) is 11.0. The number of pyridine rings is 2. The minimum absolute atomic E-state index is 0.0827. The van der Waals surface area contributed by atoms with Crippen molar-refractivity contribution in [2.24, 2.45) is 10.7 Å². The van der Waals surface area contributed by atoms with Crippen molar-refractivity contribution >= 4 is 38.5 Å². The summed E-state index contributed by atoms with van der Waals surface area (Å²) in [4.78, 5) is 21.4. The molecule has 0 spiro atoms. The van der Waals surface area contributed by atoms with Crippen molar-refractivity contribution in [1.82, 2.24) is 19.9 Å². The number of nitrogens with one attached hydrogen (secondary N) is 1. The largest absolute Gasteiger partial charge is 0.456 e. The maximum absolute atomic E-state index is 13.0. The van der Waals surface area contributed by atoms with Crippen LogP contribution in [0.25, 0.3) is 27.7 Å². The Bertz CT molecular complexity index is 1790. The highest BCUT2D eigenvalue weighted by Gasteiger charge is 2.15. The predicted molar refractivity (Wildman–Crippen MR) is 151 cm³/mol. The first-order valence-corrected chi connectivity index (χ1v) is 13.2. The molecule has 3 heterocycles. The second-order valence-electron chi connectivity index (χ2n) is 8.30.